The van der Waals surface area contributed by atoms with E-state index in [9.17, 15) is 0 Å². The Balaban J connectivity index is 1.72. The van der Waals surface area contributed by atoms with Gasteiger partial charge in [0.2, 0.25) is 0 Å². The van der Waals surface area contributed by atoms with Crippen LogP contribution in [0.4, 0.5) is 5.82 Å². The van der Waals surface area contributed by atoms with Crippen LogP contribution in [0, 0.1) is 13.8 Å². The number of para-hydroxylation sites is 1. The summed E-state index contributed by atoms with van der Waals surface area (Å²) >= 11 is 0. The minimum atomic E-state index is 0.866. The Morgan fingerprint density at radius 2 is 1.86 bits per heavy atom. The van der Waals surface area contributed by atoms with Crippen LogP contribution >= 0.6 is 0 Å². The number of benzene rings is 2. The number of aryl methyl sites for hydroxylation is 2. The van der Waals surface area contributed by atoms with Crippen molar-refractivity contribution in [3.63, 3.8) is 0 Å². The minimum absolute atomic E-state index is 0.866. The Labute approximate surface area is 125 Å². The molecule has 0 aliphatic heterocycles. The predicted molar refractivity (Wildman–Crippen MR) is 87.6 cm³/mol. The van der Waals surface area contributed by atoms with Crippen molar-refractivity contribution in [3.05, 3.63) is 65.5 Å². The van der Waals surface area contributed by atoms with Gasteiger partial charge in [0.1, 0.15) is 12.1 Å². The molecular weight excluding hydrogens is 258 g/mol. The van der Waals surface area contributed by atoms with Gasteiger partial charge in [-0.05, 0) is 43.5 Å². The fourth-order valence-electron chi connectivity index (χ4n) is 2.59. The molecule has 0 radical (unpaired) electrons. The van der Waals surface area contributed by atoms with Crippen LogP contribution in [-0.4, -0.2) is 16.5 Å². The second-order valence-electron chi connectivity index (χ2n) is 5.35. The molecule has 2 aromatic carbocycles. The van der Waals surface area contributed by atoms with Crippen LogP contribution in [0.3, 0.4) is 0 Å². The summed E-state index contributed by atoms with van der Waals surface area (Å²) in [5.41, 5.74) is 5.02. The van der Waals surface area contributed by atoms with Crippen LogP contribution in [0.5, 0.6) is 0 Å². The van der Waals surface area contributed by atoms with Crippen molar-refractivity contribution >= 4 is 16.7 Å². The molecule has 0 aliphatic rings. The molecular formula is C18H19N3. The van der Waals surface area contributed by atoms with Crippen LogP contribution in [0.1, 0.15) is 16.7 Å². The van der Waals surface area contributed by atoms with Gasteiger partial charge < -0.3 is 5.32 Å². The van der Waals surface area contributed by atoms with Gasteiger partial charge in [-0.25, -0.2) is 9.97 Å². The molecule has 3 nitrogen and oxygen atoms in total. The molecule has 106 valence electrons. The van der Waals surface area contributed by atoms with Gasteiger partial charge in [-0.15, -0.1) is 0 Å². The number of aromatic nitrogens is 2. The lowest BCUT2D eigenvalue weighted by molar-refractivity contribution is 0.992. The lowest BCUT2D eigenvalue weighted by Gasteiger charge is -2.10. The molecule has 0 bridgehead atoms. The third kappa shape index (κ3) is 3.02. The van der Waals surface area contributed by atoms with Crippen molar-refractivity contribution in [1.29, 1.82) is 0 Å². The first-order valence-corrected chi connectivity index (χ1v) is 7.24. The first kappa shape index (κ1) is 13.6. The van der Waals surface area contributed by atoms with E-state index in [1.54, 1.807) is 6.33 Å². The second-order valence-corrected chi connectivity index (χ2v) is 5.35. The van der Waals surface area contributed by atoms with E-state index < -0.39 is 0 Å². The standard InChI is InChI=1S/C18H19N3/c1-13-7-8-15(14(2)11-13)9-10-19-18-16-5-3-4-6-17(16)20-12-21-18/h3-8,11-12H,9-10H2,1-2H3,(H,19,20,21). The maximum Gasteiger partial charge on any atom is 0.137 e. The van der Waals surface area contributed by atoms with Gasteiger partial charge in [-0.1, -0.05) is 35.9 Å². The Hall–Kier alpha value is -2.42. The SMILES string of the molecule is Cc1ccc(CCNc2ncnc3ccccc23)c(C)c1. The fraction of sp³-hybridized carbons (Fsp3) is 0.222. The summed E-state index contributed by atoms with van der Waals surface area (Å²) in [5.74, 6) is 0.908. The summed E-state index contributed by atoms with van der Waals surface area (Å²) in [4.78, 5) is 8.63. The molecule has 3 rings (SSSR count). The average molecular weight is 277 g/mol. The summed E-state index contributed by atoms with van der Waals surface area (Å²) in [5, 5.41) is 4.50. The molecule has 1 heterocycles. The topological polar surface area (TPSA) is 37.8 Å². The molecule has 0 spiro atoms. The van der Waals surface area contributed by atoms with E-state index in [0.29, 0.717) is 0 Å². The lowest BCUT2D eigenvalue weighted by atomic mass is 10.0. The van der Waals surface area contributed by atoms with E-state index in [2.05, 4.69) is 53.4 Å². The molecule has 1 N–H and O–H groups in total. The highest BCUT2D eigenvalue weighted by molar-refractivity contribution is 5.88. The summed E-state index contributed by atoms with van der Waals surface area (Å²) < 4.78 is 0. The first-order valence-electron chi connectivity index (χ1n) is 7.24. The van der Waals surface area contributed by atoms with Gasteiger partial charge in [0.25, 0.3) is 0 Å². The maximum absolute atomic E-state index is 4.35. The first-order chi connectivity index (χ1) is 10.2. The highest BCUT2D eigenvalue weighted by atomic mass is 15.0. The summed E-state index contributed by atoms with van der Waals surface area (Å²) in [7, 11) is 0. The molecule has 0 atom stereocenters. The molecule has 0 unspecified atom stereocenters. The van der Waals surface area contributed by atoms with E-state index in [4.69, 9.17) is 0 Å². The smallest absolute Gasteiger partial charge is 0.137 e. The number of anilines is 1. The van der Waals surface area contributed by atoms with Crippen LogP contribution < -0.4 is 5.32 Å². The molecule has 0 saturated carbocycles. The van der Waals surface area contributed by atoms with E-state index >= 15 is 0 Å². The summed E-state index contributed by atoms with van der Waals surface area (Å²) in [6.07, 6.45) is 2.60. The van der Waals surface area contributed by atoms with E-state index in [1.165, 1.54) is 16.7 Å². The normalized spacial score (nSPS) is 10.8. The third-order valence-electron chi connectivity index (χ3n) is 3.73. The zero-order valence-corrected chi connectivity index (χ0v) is 12.4. The van der Waals surface area contributed by atoms with E-state index in [1.807, 2.05) is 18.2 Å². The lowest BCUT2D eigenvalue weighted by Crippen LogP contribution is -2.08. The number of nitrogens with zero attached hydrogens (tertiary/aromatic N) is 2. The molecule has 1 aromatic heterocycles. The molecule has 0 amide bonds. The van der Waals surface area contributed by atoms with Crippen LogP contribution in [0.15, 0.2) is 48.8 Å². The minimum Gasteiger partial charge on any atom is -0.369 e. The van der Waals surface area contributed by atoms with Gasteiger partial charge in [-0.2, -0.15) is 0 Å². The second kappa shape index (κ2) is 5.92. The van der Waals surface area contributed by atoms with Gasteiger partial charge in [-0.3, -0.25) is 0 Å². The molecule has 3 aromatic rings. The Kier molecular flexibility index (Phi) is 3.82. The van der Waals surface area contributed by atoms with Gasteiger partial charge in [0.05, 0.1) is 5.52 Å². The molecule has 0 saturated heterocycles. The largest absolute Gasteiger partial charge is 0.369 e. The van der Waals surface area contributed by atoms with Crippen molar-refractivity contribution in [3.8, 4) is 0 Å². The summed E-state index contributed by atoms with van der Waals surface area (Å²) in [6, 6.07) is 14.7. The van der Waals surface area contributed by atoms with Crippen molar-refractivity contribution in [2.24, 2.45) is 0 Å². The van der Waals surface area contributed by atoms with Crippen molar-refractivity contribution in [2.45, 2.75) is 20.3 Å². The van der Waals surface area contributed by atoms with E-state index in [0.717, 1.165) is 29.7 Å². The molecule has 3 heteroatoms. The average Bonchev–Trinajstić information content (AvgIpc) is 2.50. The quantitative estimate of drug-likeness (QED) is 0.786. The highest BCUT2D eigenvalue weighted by Crippen LogP contribution is 2.18. The molecule has 21 heavy (non-hydrogen) atoms. The number of nitrogens with one attached hydrogen (secondary N) is 1. The Bertz CT molecular complexity index is 760. The van der Waals surface area contributed by atoms with Gasteiger partial charge in [0, 0.05) is 11.9 Å². The van der Waals surface area contributed by atoms with Crippen molar-refractivity contribution in [1.82, 2.24) is 9.97 Å². The van der Waals surface area contributed by atoms with Crippen LogP contribution in [0.2, 0.25) is 0 Å². The fourth-order valence-corrected chi connectivity index (χ4v) is 2.59. The zero-order chi connectivity index (χ0) is 14.7. The monoisotopic (exact) mass is 277 g/mol. The number of rotatable bonds is 4. The molecule has 0 fully saturated rings. The summed E-state index contributed by atoms with van der Waals surface area (Å²) in [6.45, 7) is 5.16. The van der Waals surface area contributed by atoms with Crippen LogP contribution in [-0.2, 0) is 6.42 Å². The zero-order valence-electron chi connectivity index (χ0n) is 12.4. The number of fused-ring (bicyclic) bond motifs is 1. The van der Waals surface area contributed by atoms with Gasteiger partial charge in [0.15, 0.2) is 0 Å². The van der Waals surface area contributed by atoms with Crippen molar-refractivity contribution < 1.29 is 0 Å². The van der Waals surface area contributed by atoms with E-state index in [-0.39, 0.29) is 0 Å². The Morgan fingerprint density at radius 1 is 1.00 bits per heavy atom. The van der Waals surface area contributed by atoms with Crippen LogP contribution in [0.25, 0.3) is 10.9 Å². The maximum atomic E-state index is 4.35. The Morgan fingerprint density at radius 3 is 2.71 bits per heavy atom. The van der Waals surface area contributed by atoms with Crippen molar-refractivity contribution in [2.75, 3.05) is 11.9 Å². The highest BCUT2D eigenvalue weighted by Gasteiger charge is 2.03. The third-order valence-corrected chi connectivity index (χ3v) is 3.73. The van der Waals surface area contributed by atoms with Gasteiger partial charge >= 0.3 is 0 Å². The molecule has 0 aliphatic carbocycles. The number of hydrogen-bond acceptors (Lipinski definition) is 3. The predicted octanol–water partition coefficient (Wildman–Crippen LogP) is 3.90. The number of hydrogen-bond donors (Lipinski definition) is 1.